The first kappa shape index (κ1) is 7.56. The highest BCUT2D eigenvalue weighted by molar-refractivity contribution is 6.02. The third kappa shape index (κ3) is 0.940. The van der Waals surface area contributed by atoms with Gasteiger partial charge in [-0.15, -0.1) is 0 Å². The van der Waals surface area contributed by atoms with E-state index < -0.39 is 0 Å². The van der Waals surface area contributed by atoms with Crippen LogP contribution in [0.15, 0.2) is 36.4 Å². The highest BCUT2D eigenvalue weighted by atomic mass is 16.1. The molecule has 14 heavy (non-hydrogen) atoms. The summed E-state index contributed by atoms with van der Waals surface area (Å²) in [5, 5.41) is 5.15. The SMILES string of the molecule is O=C1NCc2cc3ccccc3cc21. The van der Waals surface area contributed by atoms with Crippen molar-refractivity contribution >= 4 is 16.7 Å². The molecule has 1 aliphatic rings. The lowest BCUT2D eigenvalue weighted by atomic mass is 10.0. The fourth-order valence-corrected chi connectivity index (χ4v) is 1.92. The Bertz CT molecular complexity index is 531. The van der Waals surface area contributed by atoms with Gasteiger partial charge in [-0.3, -0.25) is 4.79 Å². The minimum atomic E-state index is 0.0470. The van der Waals surface area contributed by atoms with Crippen molar-refractivity contribution in [2.45, 2.75) is 6.54 Å². The summed E-state index contributed by atoms with van der Waals surface area (Å²) >= 11 is 0. The zero-order valence-corrected chi connectivity index (χ0v) is 7.58. The van der Waals surface area contributed by atoms with E-state index in [4.69, 9.17) is 0 Å². The summed E-state index contributed by atoms with van der Waals surface area (Å²) in [4.78, 5) is 11.4. The molecule has 68 valence electrons. The molecule has 0 bridgehead atoms. The number of carbonyl (C=O) groups is 1. The average Bonchev–Trinajstić information content (AvgIpc) is 2.57. The van der Waals surface area contributed by atoms with Crippen LogP contribution < -0.4 is 5.32 Å². The molecule has 0 aliphatic carbocycles. The second kappa shape index (κ2) is 2.58. The molecule has 0 saturated heterocycles. The summed E-state index contributed by atoms with van der Waals surface area (Å²) in [6.45, 7) is 0.666. The van der Waals surface area contributed by atoms with Gasteiger partial charge >= 0.3 is 0 Å². The summed E-state index contributed by atoms with van der Waals surface area (Å²) in [5.74, 6) is 0.0470. The molecule has 0 spiro atoms. The maximum Gasteiger partial charge on any atom is 0.251 e. The molecular formula is C12H9NO. The molecule has 2 heteroatoms. The summed E-state index contributed by atoms with van der Waals surface area (Å²) in [5.41, 5.74) is 1.93. The van der Waals surface area contributed by atoms with Crippen LogP contribution in [0.2, 0.25) is 0 Å². The van der Waals surface area contributed by atoms with Crippen molar-refractivity contribution in [3.63, 3.8) is 0 Å². The second-order valence-corrected chi connectivity index (χ2v) is 3.54. The Labute approximate surface area is 81.5 Å². The first-order valence-electron chi connectivity index (χ1n) is 4.64. The van der Waals surface area contributed by atoms with Crippen molar-refractivity contribution in [3.8, 4) is 0 Å². The van der Waals surface area contributed by atoms with Crippen LogP contribution in [0.1, 0.15) is 15.9 Å². The van der Waals surface area contributed by atoms with Crippen LogP contribution >= 0.6 is 0 Å². The normalized spacial score (nSPS) is 14.1. The second-order valence-electron chi connectivity index (χ2n) is 3.54. The van der Waals surface area contributed by atoms with Gasteiger partial charge < -0.3 is 5.32 Å². The number of benzene rings is 2. The minimum Gasteiger partial charge on any atom is -0.348 e. The van der Waals surface area contributed by atoms with E-state index in [9.17, 15) is 4.79 Å². The maximum atomic E-state index is 11.4. The Kier molecular flexibility index (Phi) is 1.39. The number of nitrogens with one attached hydrogen (secondary N) is 1. The van der Waals surface area contributed by atoms with Gasteiger partial charge in [0.15, 0.2) is 0 Å². The Morgan fingerprint density at radius 1 is 1.07 bits per heavy atom. The lowest BCUT2D eigenvalue weighted by molar-refractivity contribution is 0.0966. The van der Waals surface area contributed by atoms with Crippen LogP contribution in [0.4, 0.5) is 0 Å². The van der Waals surface area contributed by atoms with E-state index >= 15 is 0 Å². The van der Waals surface area contributed by atoms with Crippen molar-refractivity contribution in [3.05, 3.63) is 47.5 Å². The fraction of sp³-hybridized carbons (Fsp3) is 0.0833. The summed E-state index contributed by atoms with van der Waals surface area (Å²) in [7, 11) is 0. The van der Waals surface area contributed by atoms with E-state index in [1.54, 1.807) is 0 Å². The standard InChI is InChI=1S/C12H9NO/c14-12-11-6-9-4-2-1-3-8(9)5-10(11)7-13-12/h1-6H,7H2,(H,13,14). The van der Waals surface area contributed by atoms with Gasteiger partial charge in [0.05, 0.1) is 0 Å². The third-order valence-electron chi connectivity index (χ3n) is 2.66. The molecule has 1 heterocycles. The lowest BCUT2D eigenvalue weighted by Crippen LogP contribution is -2.12. The third-order valence-corrected chi connectivity index (χ3v) is 2.66. The largest absolute Gasteiger partial charge is 0.348 e. The van der Waals surface area contributed by atoms with Gasteiger partial charge in [0.1, 0.15) is 0 Å². The highest BCUT2D eigenvalue weighted by Gasteiger charge is 2.18. The van der Waals surface area contributed by atoms with E-state index in [0.717, 1.165) is 16.5 Å². The number of hydrogen-bond donors (Lipinski definition) is 1. The average molecular weight is 183 g/mol. The van der Waals surface area contributed by atoms with E-state index in [1.807, 2.05) is 24.3 Å². The molecule has 2 aromatic carbocycles. The zero-order chi connectivity index (χ0) is 9.54. The van der Waals surface area contributed by atoms with Crippen molar-refractivity contribution in [2.24, 2.45) is 0 Å². The molecule has 0 atom stereocenters. The predicted molar refractivity (Wildman–Crippen MR) is 55.1 cm³/mol. The molecule has 1 N–H and O–H groups in total. The van der Waals surface area contributed by atoms with Gasteiger partial charge in [0.25, 0.3) is 5.91 Å². The van der Waals surface area contributed by atoms with Gasteiger partial charge in [-0.05, 0) is 28.5 Å². The number of hydrogen-bond acceptors (Lipinski definition) is 1. The topological polar surface area (TPSA) is 29.1 Å². The van der Waals surface area contributed by atoms with Gasteiger partial charge in [-0.2, -0.15) is 0 Å². The smallest absolute Gasteiger partial charge is 0.251 e. The summed E-state index contributed by atoms with van der Waals surface area (Å²) in [6, 6.07) is 12.1. The van der Waals surface area contributed by atoms with Crippen molar-refractivity contribution in [1.82, 2.24) is 5.32 Å². The Hall–Kier alpha value is -1.83. The zero-order valence-electron chi connectivity index (χ0n) is 7.58. The molecule has 2 nitrogen and oxygen atoms in total. The Morgan fingerprint density at radius 3 is 2.57 bits per heavy atom. The number of carbonyl (C=O) groups excluding carboxylic acids is 1. The Morgan fingerprint density at radius 2 is 1.79 bits per heavy atom. The van der Waals surface area contributed by atoms with Gasteiger partial charge in [0.2, 0.25) is 0 Å². The van der Waals surface area contributed by atoms with E-state index in [-0.39, 0.29) is 5.91 Å². The molecule has 0 saturated carbocycles. The summed E-state index contributed by atoms with van der Waals surface area (Å²) in [6.07, 6.45) is 0. The Balaban J connectivity index is 2.38. The van der Waals surface area contributed by atoms with Gasteiger partial charge in [-0.25, -0.2) is 0 Å². The number of amides is 1. The first-order valence-corrected chi connectivity index (χ1v) is 4.64. The first-order chi connectivity index (χ1) is 6.84. The molecule has 1 amide bonds. The van der Waals surface area contributed by atoms with Crippen LogP contribution in [0.3, 0.4) is 0 Å². The van der Waals surface area contributed by atoms with Gasteiger partial charge in [-0.1, -0.05) is 24.3 Å². The molecule has 0 aromatic heterocycles. The lowest BCUT2D eigenvalue weighted by Gasteiger charge is -2.00. The van der Waals surface area contributed by atoms with E-state index in [1.165, 1.54) is 5.39 Å². The van der Waals surface area contributed by atoms with Crippen LogP contribution in [-0.4, -0.2) is 5.91 Å². The predicted octanol–water partition coefficient (Wildman–Crippen LogP) is 2.08. The monoisotopic (exact) mass is 183 g/mol. The summed E-state index contributed by atoms with van der Waals surface area (Å²) < 4.78 is 0. The fourth-order valence-electron chi connectivity index (χ4n) is 1.92. The van der Waals surface area contributed by atoms with Crippen LogP contribution in [0.5, 0.6) is 0 Å². The molecule has 3 rings (SSSR count). The molecule has 0 fully saturated rings. The van der Waals surface area contributed by atoms with Crippen LogP contribution in [0.25, 0.3) is 10.8 Å². The van der Waals surface area contributed by atoms with Crippen molar-refractivity contribution < 1.29 is 4.79 Å². The quantitative estimate of drug-likeness (QED) is 0.665. The van der Waals surface area contributed by atoms with Crippen LogP contribution in [0, 0.1) is 0 Å². The van der Waals surface area contributed by atoms with Crippen molar-refractivity contribution in [2.75, 3.05) is 0 Å². The number of fused-ring (bicyclic) bond motifs is 2. The molecule has 1 aliphatic heterocycles. The molecule has 0 unspecified atom stereocenters. The van der Waals surface area contributed by atoms with Gasteiger partial charge in [0, 0.05) is 12.1 Å². The highest BCUT2D eigenvalue weighted by Crippen LogP contribution is 2.22. The minimum absolute atomic E-state index is 0.0470. The maximum absolute atomic E-state index is 11.4. The van der Waals surface area contributed by atoms with Crippen molar-refractivity contribution in [1.29, 1.82) is 0 Å². The molecule has 2 aromatic rings. The van der Waals surface area contributed by atoms with E-state index in [0.29, 0.717) is 6.54 Å². The van der Waals surface area contributed by atoms with E-state index in [2.05, 4.69) is 17.4 Å². The molecular weight excluding hydrogens is 174 g/mol. The molecule has 0 radical (unpaired) electrons. The van der Waals surface area contributed by atoms with Crippen LogP contribution in [-0.2, 0) is 6.54 Å². The number of rotatable bonds is 0.